The maximum absolute atomic E-state index is 11.8. The second kappa shape index (κ2) is 13.9. The largest absolute Gasteiger partial charge is 0.354 e. The van der Waals surface area contributed by atoms with Crippen molar-refractivity contribution in [3.63, 3.8) is 0 Å². The lowest BCUT2D eigenvalue weighted by Crippen LogP contribution is -2.44. The summed E-state index contributed by atoms with van der Waals surface area (Å²) >= 11 is 0. The number of nitrogens with zero attached hydrogens (tertiary/aromatic N) is 1. The molecule has 0 aromatic heterocycles. The normalized spacial score (nSPS) is 12.8. The number of hydrogen-bond acceptors (Lipinski definition) is 6. The Kier molecular flexibility index (Phi) is 11.6. The van der Waals surface area contributed by atoms with Crippen LogP contribution in [0.5, 0.6) is 0 Å². The number of nitrogens with one attached hydrogen (secondary N) is 4. The van der Waals surface area contributed by atoms with Crippen LogP contribution in [0.15, 0.2) is 12.2 Å². The van der Waals surface area contributed by atoms with Gasteiger partial charge in [0.15, 0.2) is 0 Å². The Hall–Kier alpha value is -3.24. The van der Waals surface area contributed by atoms with E-state index >= 15 is 0 Å². The monoisotopic (exact) mass is 437 g/mol. The van der Waals surface area contributed by atoms with E-state index in [4.69, 9.17) is 0 Å². The van der Waals surface area contributed by atoms with Crippen molar-refractivity contribution < 1.29 is 28.8 Å². The van der Waals surface area contributed by atoms with E-state index in [2.05, 4.69) is 21.3 Å². The van der Waals surface area contributed by atoms with Crippen LogP contribution in [0.25, 0.3) is 0 Å². The van der Waals surface area contributed by atoms with Gasteiger partial charge in [-0.25, -0.2) is 0 Å². The van der Waals surface area contributed by atoms with Crippen LogP contribution in [0.1, 0.15) is 39.5 Å². The van der Waals surface area contributed by atoms with E-state index < -0.39 is 11.8 Å². The zero-order valence-electron chi connectivity index (χ0n) is 18.0. The molecule has 31 heavy (non-hydrogen) atoms. The van der Waals surface area contributed by atoms with Gasteiger partial charge in [-0.05, 0) is 18.8 Å². The third kappa shape index (κ3) is 11.5. The molecule has 6 amide bonds. The van der Waals surface area contributed by atoms with Gasteiger partial charge in [0, 0.05) is 31.7 Å². The highest BCUT2D eigenvalue weighted by Gasteiger charge is 2.22. The van der Waals surface area contributed by atoms with Crippen molar-refractivity contribution in [1.29, 1.82) is 0 Å². The quantitative estimate of drug-likeness (QED) is 0.193. The lowest BCUT2D eigenvalue weighted by molar-refractivity contribution is -0.137. The summed E-state index contributed by atoms with van der Waals surface area (Å²) in [6.07, 6.45) is 4.47. The van der Waals surface area contributed by atoms with Gasteiger partial charge in [0.25, 0.3) is 11.8 Å². The second-order valence-electron chi connectivity index (χ2n) is 7.50. The number of amides is 6. The van der Waals surface area contributed by atoms with Gasteiger partial charge in [0.1, 0.15) is 0 Å². The fraction of sp³-hybridized carbons (Fsp3) is 0.600. The third-order valence-corrected chi connectivity index (χ3v) is 4.23. The lowest BCUT2D eigenvalue weighted by Gasteiger charge is -2.13. The topological polar surface area (TPSA) is 154 Å². The first-order chi connectivity index (χ1) is 14.7. The summed E-state index contributed by atoms with van der Waals surface area (Å²) in [7, 11) is 0. The highest BCUT2D eigenvalue weighted by atomic mass is 16.2. The van der Waals surface area contributed by atoms with Crippen LogP contribution in [0.3, 0.4) is 0 Å². The van der Waals surface area contributed by atoms with Gasteiger partial charge in [-0.1, -0.05) is 20.3 Å². The predicted octanol–water partition coefficient (Wildman–Crippen LogP) is -1.41. The zero-order valence-corrected chi connectivity index (χ0v) is 18.0. The van der Waals surface area contributed by atoms with Crippen LogP contribution < -0.4 is 21.3 Å². The summed E-state index contributed by atoms with van der Waals surface area (Å²) in [5.41, 5.74) is 0. The van der Waals surface area contributed by atoms with Crippen molar-refractivity contribution in [1.82, 2.24) is 26.2 Å². The van der Waals surface area contributed by atoms with E-state index in [0.29, 0.717) is 38.3 Å². The molecule has 0 aliphatic carbocycles. The number of hydrogen-bond donors (Lipinski definition) is 4. The SMILES string of the molecule is CC(C)CNC(=O)CNC(=O)CNC(=O)CNC(=O)CCCCCN1C(=O)C=CC1=O. The summed E-state index contributed by atoms with van der Waals surface area (Å²) in [5, 5.41) is 9.85. The van der Waals surface area contributed by atoms with Crippen LogP contribution in [-0.4, -0.2) is 73.1 Å². The summed E-state index contributed by atoms with van der Waals surface area (Å²) in [6, 6.07) is 0. The van der Waals surface area contributed by atoms with E-state index in [1.165, 1.54) is 12.2 Å². The molecule has 0 atom stereocenters. The van der Waals surface area contributed by atoms with Gasteiger partial charge in [0.2, 0.25) is 23.6 Å². The molecule has 1 rings (SSSR count). The number of carbonyl (C=O) groups is 6. The Balaban J connectivity index is 2.03. The van der Waals surface area contributed by atoms with Gasteiger partial charge in [0.05, 0.1) is 19.6 Å². The molecule has 0 saturated heterocycles. The average molecular weight is 437 g/mol. The van der Waals surface area contributed by atoms with Gasteiger partial charge >= 0.3 is 0 Å². The van der Waals surface area contributed by atoms with Gasteiger partial charge < -0.3 is 21.3 Å². The Morgan fingerprint density at radius 2 is 1.23 bits per heavy atom. The molecular formula is C20H31N5O6. The van der Waals surface area contributed by atoms with Crippen LogP contribution in [-0.2, 0) is 28.8 Å². The van der Waals surface area contributed by atoms with Crippen molar-refractivity contribution in [3.05, 3.63) is 12.2 Å². The molecular weight excluding hydrogens is 406 g/mol. The molecule has 0 aromatic carbocycles. The van der Waals surface area contributed by atoms with Gasteiger partial charge in [-0.15, -0.1) is 0 Å². The maximum atomic E-state index is 11.8. The molecule has 1 heterocycles. The van der Waals surface area contributed by atoms with Crippen molar-refractivity contribution in [2.75, 3.05) is 32.7 Å². The maximum Gasteiger partial charge on any atom is 0.253 e. The molecule has 4 N–H and O–H groups in total. The smallest absolute Gasteiger partial charge is 0.253 e. The first kappa shape index (κ1) is 25.8. The summed E-state index contributed by atoms with van der Waals surface area (Å²) < 4.78 is 0. The van der Waals surface area contributed by atoms with Crippen LogP contribution in [0.4, 0.5) is 0 Å². The minimum absolute atomic E-state index is 0.172. The molecule has 1 aliphatic rings. The Labute approximate surface area is 181 Å². The number of rotatable bonds is 14. The van der Waals surface area contributed by atoms with Crippen molar-refractivity contribution in [3.8, 4) is 0 Å². The standard InChI is InChI=1S/C20H31N5O6/c1-14(2)10-21-16(27)12-23-18(29)13-24-17(28)11-22-15(26)6-4-3-5-9-25-19(30)7-8-20(25)31/h7-8,14H,3-6,9-13H2,1-2H3,(H,21,27)(H,22,26)(H,23,29)(H,24,28). The number of unbranched alkanes of at least 4 members (excludes halogenated alkanes) is 2. The number of imide groups is 1. The van der Waals surface area contributed by atoms with Gasteiger partial charge in [-0.2, -0.15) is 0 Å². The molecule has 0 fully saturated rings. The van der Waals surface area contributed by atoms with E-state index in [0.717, 1.165) is 4.90 Å². The fourth-order valence-corrected chi connectivity index (χ4v) is 2.51. The Morgan fingerprint density at radius 1 is 0.742 bits per heavy atom. The lowest BCUT2D eigenvalue weighted by atomic mass is 10.2. The second-order valence-corrected chi connectivity index (χ2v) is 7.50. The minimum Gasteiger partial charge on any atom is -0.354 e. The highest BCUT2D eigenvalue weighted by molar-refractivity contribution is 6.12. The first-order valence-corrected chi connectivity index (χ1v) is 10.3. The minimum atomic E-state index is -0.522. The van der Waals surface area contributed by atoms with Crippen LogP contribution >= 0.6 is 0 Å². The van der Waals surface area contributed by atoms with Crippen LogP contribution in [0.2, 0.25) is 0 Å². The van der Waals surface area contributed by atoms with E-state index in [1.807, 2.05) is 13.8 Å². The molecule has 11 nitrogen and oxygen atoms in total. The summed E-state index contributed by atoms with van der Waals surface area (Å²) in [6.45, 7) is 4.00. The van der Waals surface area contributed by atoms with E-state index in [-0.39, 0.29) is 49.7 Å². The van der Waals surface area contributed by atoms with Gasteiger partial charge in [-0.3, -0.25) is 33.7 Å². The molecule has 172 valence electrons. The fourth-order valence-electron chi connectivity index (χ4n) is 2.51. The van der Waals surface area contributed by atoms with Crippen molar-refractivity contribution >= 4 is 35.4 Å². The number of carbonyl (C=O) groups excluding carboxylic acids is 6. The average Bonchev–Trinajstić information content (AvgIpc) is 3.04. The highest BCUT2D eigenvalue weighted by Crippen LogP contribution is 2.07. The van der Waals surface area contributed by atoms with E-state index in [1.54, 1.807) is 0 Å². The molecule has 0 aromatic rings. The molecule has 0 spiro atoms. The predicted molar refractivity (Wildman–Crippen MR) is 111 cm³/mol. The van der Waals surface area contributed by atoms with Crippen LogP contribution in [0, 0.1) is 5.92 Å². The molecule has 0 unspecified atom stereocenters. The third-order valence-electron chi connectivity index (χ3n) is 4.23. The Morgan fingerprint density at radius 3 is 1.74 bits per heavy atom. The molecule has 1 aliphatic heterocycles. The van der Waals surface area contributed by atoms with Crippen molar-refractivity contribution in [2.45, 2.75) is 39.5 Å². The summed E-state index contributed by atoms with van der Waals surface area (Å²) in [5.74, 6) is -1.99. The van der Waals surface area contributed by atoms with Crippen molar-refractivity contribution in [2.24, 2.45) is 5.92 Å². The summed E-state index contributed by atoms with van der Waals surface area (Å²) in [4.78, 5) is 70.5. The molecule has 0 bridgehead atoms. The molecule has 0 radical (unpaired) electrons. The molecule has 0 saturated carbocycles. The Bertz CT molecular complexity index is 701. The first-order valence-electron chi connectivity index (χ1n) is 10.3. The zero-order chi connectivity index (χ0) is 23.2. The molecule has 11 heteroatoms. The van der Waals surface area contributed by atoms with E-state index in [9.17, 15) is 28.8 Å².